The third-order valence-electron chi connectivity index (χ3n) is 5.08. The van der Waals surface area contributed by atoms with E-state index in [9.17, 15) is 13.2 Å². The van der Waals surface area contributed by atoms with Crippen molar-refractivity contribution in [3.8, 4) is 17.2 Å². The summed E-state index contributed by atoms with van der Waals surface area (Å²) in [6.07, 6.45) is 0. The molecule has 0 saturated carbocycles. The summed E-state index contributed by atoms with van der Waals surface area (Å²) in [5, 5.41) is 3.14. The van der Waals surface area contributed by atoms with Gasteiger partial charge < -0.3 is 19.5 Å². The molecule has 11 heteroatoms. The van der Waals surface area contributed by atoms with Crippen molar-refractivity contribution in [1.29, 1.82) is 0 Å². The molecule has 1 fully saturated rings. The fraction of sp³-hybridized carbons (Fsp3) is 0.381. The Morgan fingerprint density at radius 2 is 1.59 bits per heavy atom. The topological polar surface area (TPSA) is 97.4 Å². The summed E-state index contributed by atoms with van der Waals surface area (Å²) in [6.45, 7) is 1.46. The number of hydrogen-bond acceptors (Lipinski definition) is 7. The van der Waals surface area contributed by atoms with E-state index in [-0.39, 0.29) is 36.2 Å². The number of nitrogens with zero attached hydrogens (tertiary/aromatic N) is 2. The van der Waals surface area contributed by atoms with E-state index in [4.69, 9.17) is 25.8 Å². The molecule has 0 radical (unpaired) electrons. The number of amides is 1. The molecule has 9 nitrogen and oxygen atoms in total. The Kier molecular flexibility index (Phi) is 7.83. The average Bonchev–Trinajstić information content (AvgIpc) is 2.79. The number of nitrogens with one attached hydrogen (secondary N) is 1. The summed E-state index contributed by atoms with van der Waals surface area (Å²) in [5.74, 6) is 1.16. The fourth-order valence-corrected chi connectivity index (χ4v) is 5.24. The largest absolute Gasteiger partial charge is 0.497 e. The first-order valence-electron chi connectivity index (χ1n) is 9.86. The molecule has 0 bridgehead atoms. The first-order valence-corrected chi connectivity index (χ1v) is 11.7. The average molecular weight is 484 g/mol. The van der Waals surface area contributed by atoms with Crippen LogP contribution in [0.5, 0.6) is 17.2 Å². The van der Waals surface area contributed by atoms with Crippen molar-refractivity contribution in [1.82, 2.24) is 9.21 Å². The van der Waals surface area contributed by atoms with Crippen LogP contribution < -0.4 is 19.5 Å². The van der Waals surface area contributed by atoms with Gasteiger partial charge in [0.15, 0.2) is 0 Å². The molecule has 1 aliphatic heterocycles. The van der Waals surface area contributed by atoms with E-state index in [1.54, 1.807) is 24.3 Å². The van der Waals surface area contributed by atoms with E-state index >= 15 is 0 Å². The lowest BCUT2D eigenvalue weighted by molar-refractivity contribution is -0.117. The van der Waals surface area contributed by atoms with Crippen LogP contribution in [0.25, 0.3) is 0 Å². The van der Waals surface area contributed by atoms with Crippen LogP contribution in [0.3, 0.4) is 0 Å². The zero-order valence-corrected chi connectivity index (χ0v) is 19.7. The zero-order valence-electron chi connectivity index (χ0n) is 18.1. The van der Waals surface area contributed by atoms with Crippen LogP contribution in [0.4, 0.5) is 5.69 Å². The van der Waals surface area contributed by atoms with Crippen LogP contribution in [0.2, 0.25) is 5.02 Å². The molecule has 3 rings (SSSR count). The van der Waals surface area contributed by atoms with Gasteiger partial charge in [-0.15, -0.1) is 0 Å². The Balaban J connectivity index is 1.60. The summed E-state index contributed by atoms with van der Waals surface area (Å²) in [4.78, 5) is 14.4. The first-order chi connectivity index (χ1) is 15.3. The van der Waals surface area contributed by atoms with E-state index in [0.29, 0.717) is 35.3 Å². The fourth-order valence-electron chi connectivity index (χ4n) is 3.40. The van der Waals surface area contributed by atoms with Crippen LogP contribution in [-0.4, -0.2) is 77.6 Å². The van der Waals surface area contributed by atoms with Crippen molar-refractivity contribution < 1.29 is 27.4 Å². The van der Waals surface area contributed by atoms with E-state index < -0.39 is 10.0 Å². The Morgan fingerprint density at radius 3 is 2.16 bits per heavy atom. The molecule has 1 amide bonds. The SMILES string of the molecule is COc1cc(NC(=O)CN2CCN(S(=O)(=O)c3cc(Cl)ccc3OC)CC2)cc(OC)c1. The minimum absolute atomic E-state index is 0.0330. The summed E-state index contributed by atoms with van der Waals surface area (Å²) in [7, 11) is 0.708. The van der Waals surface area contributed by atoms with E-state index in [1.807, 2.05) is 4.90 Å². The maximum atomic E-state index is 13.1. The Hall–Kier alpha value is -2.53. The smallest absolute Gasteiger partial charge is 0.246 e. The van der Waals surface area contributed by atoms with Crippen molar-refractivity contribution in [3.63, 3.8) is 0 Å². The molecule has 1 N–H and O–H groups in total. The third-order valence-corrected chi connectivity index (χ3v) is 7.23. The van der Waals surface area contributed by atoms with Gasteiger partial charge in [-0.2, -0.15) is 4.31 Å². The number of piperazine rings is 1. The van der Waals surface area contributed by atoms with Gasteiger partial charge in [0, 0.05) is 55.1 Å². The number of halogens is 1. The Bertz CT molecular complexity index is 1050. The van der Waals surface area contributed by atoms with Crippen molar-refractivity contribution in [3.05, 3.63) is 41.4 Å². The lowest BCUT2D eigenvalue weighted by Gasteiger charge is -2.33. The van der Waals surface area contributed by atoms with Gasteiger partial charge in [0.25, 0.3) is 0 Å². The lowest BCUT2D eigenvalue weighted by atomic mass is 10.2. The van der Waals surface area contributed by atoms with Gasteiger partial charge in [0.05, 0.1) is 27.9 Å². The predicted molar refractivity (Wildman–Crippen MR) is 121 cm³/mol. The number of benzene rings is 2. The number of carbonyl (C=O) groups excluding carboxylic acids is 1. The van der Waals surface area contributed by atoms with E-state index in [0.717, 1.165) is 0 Å². The second-order valence-corrected chi connectivity index (χ2v) is 9.47. The third kappa shape index (κ3) is 5.63. The number of rotatable bonds is 8. The van der Waals surface area contributed by atoms with Crippen LogP contribution in [0.15, 0.2) is 41.3 Å². The number of hydrogen-bond donors (Lipinski definition) is 1. The van der Waals surface area contributed by atoms with Crippen LogP contribution in [0, 0.1) is 0 Å². The molecule has 2 aromatic carbocycles. The molecule has 174 valence electrons. The molecule has 32 heavy (non-hydrogen) atoms. The van der Waals surface area contributed by atoms with Crippen molar-refractivity contribution >= 4 is 33.2 Å². The second kappa shape index (κ2) is 10.4. The maximum absolute atomic E-state index is 13.1. The second-order valence-electron chi connectivity index (χ2n) is 7.12. The van der Waals surface area contributed by atoms with Gasteiger partial charge in [0.2, 0.25) is 15.9 Å². The van der Waals surface area contributed by atoms with Crippen molar-refractivity contribution in [2.45, 2.75) is 4.90 Å². The quantitative estimate of drug-likeness (QED) is 0.615. The monoisotopic (exact) mass is 483 g/mol. The Labute approximate surface area is 192 Å². The lowest BCUT2D eigenvalue weighted by Crippen LogP contribution is -2.50. The van der Waals surface area contributed by atoms with Crippen molar-refractivity contribution in [2.24, 2.45) is 0 Å². The maximum Gasteiger partial charge on any atom is 0.246 e. The summed E-state index contributed by atoms with van der Waals surface area (Å²) in [6, 6.07) is 9.60. The van der Waals surface area contributed by atoms with Crippen LogP contribution >= 0.6 is 11.6 Å². The highest BCUT2D eigenvalue weighted by atomic mass is 35.5. The minimum atomic E-state index is -3.77. The van der Waals surface area contributed by atoms with Gasteiger partial charge in [0.1, 0.15) is 22.1 Å². The minimum Gasteiger partial charge on any atom is -0.497 e. The van der Waals surface area contributed by atoms with Gasteiger partial charge >= 0.3 is 0 Å². The summed E-state index contributed by atoms with van der Waals surface area (Å²) < 4.78 is 43.1. The first kappa shape index (κ1) is 24.1. The highest BCUT2D eigenvalue weighted by Crippen LogP contribution is 2.30. The molecule has 0 unspecified atom stereocenters. The number of ether oxygens (including phenoxy) is 3. The molecule has 1 saturated heterocycles. The molecule has 0 aromatic heterocycles. The van der Waals surface area contributed by atoms with Gasteiger partial charge in [-0.3, -0.25) is 9.69 Å². The normalized spacial score (nSPS) is 15.2. The van der Waals surface area contributed by atoms with Crippen LogP contribution in [-0.2, 0) is 14.8 Å². The molecule has 0 aliphatic carbocycles. The number of carbonyl (C=O) groups is 1. The summed E-state index contributed by atoms with van der Waals surface area (Å²) in [5.41, 5.74) is 0.556. The standard InChI is InChI=1S/C21H26ClN3O6S/c1-29-17-11-16(12-18(13-17)30-2)23-21(26)14-24-6-8-25(9-7-24)32(27,28)20-10-15(22)4-5-19(20)31-3/h4-5,10-13H,6-9,14H2,1-3H3,(H,23,26). The van der Waals surface area contributed by atoms with Gasteiger partial charge in [-0.25, -0.2) is 8.42 Å². The molecular formula is C21H26ClN3O6S. The van der Waals surface area contributed by atoms with Gasteiger partial charge in [-0.1, -0.05) is 11.6 Å². The van der Waals surface area contributed by atoms with Gasteiger partial charge in [-0.05, 0) is 18.2 Å². The Morgan fingerprint density at radius 1 is 0.969 bits per heavy atom. The molecule has 1 aliphatic rings. The molecule has 1 heterocycles. The number of anilines is 1. The van der Waals surface area contributed by atoms with E-state index in [2.05, 4.69) is 5.32 Å². The zero-order chi connectivity index (χ0) is 23.3. The van der Waals surface area contributed by atoms with Crippen molar-refractivity contribution in [2.75, 3.05) is 59.4 Å². The molecule has 2 aromatic rings. The van der Waals surface area contributed by atoms with Crippen LogP contribution in [0.1, 0.15) is 0 Å². The molecule has 0 spiro atoms. The highest BCUT2D eigenvalue weighted by molar-refractivity contribution is 7.89. The molecular weight excluding hydrogens is 458 g/mol. The van der Waals surface area contributed by atoms with E-state index in [1.165, 1.54) is 37.8 Å². The molecule has 0 atom stereocenters. The summed E-state index contributed by atoms with van der Waals surface area (Å²) >= 11 is 6.00. The predicted octanol–water partition coefficient (Wildman–Crippen LogP) is 2.31. The number of sulfonamides is 1. The highest BCUT2D eigenvalue weighted by Gasteiger charge is 2.31. The number of methoxy groups -OCH3 is 3.